The van der Waals surface area contributed by atoms with Crippen LogP contribution in [0.5, 0.6) is 0 Å². The minimum absolute atomic E-state index is 0.0154. The van der Waals surface area contributed by atoms with Crippen molar-refractivity contribution in [3.05, 3.63) is 5.69 Å². The number of rotatable bonds is 5. The van der Waals surface area contributed by atoms with Crippen molar-refractivity contribution in [2.45, 2.75) is 33.2 Å². The number of nitrogens with zero attached hydrogens (tertiary/aromatic N) is 4. The second-order valence-electron chi connectivity index (χ2n) is 4.42. The predicted octanol–water partition coefficient (Wildman–Crippen LogP) is 0.441. The van der Waals surface area contributed by atoms with E-state index in [1.807, 2.05) is 25.5 Å². The second kappa shape index (κ2) is 5.29. The normalized spacial score (nSPS) is 11.1. The van der Waals surface area contributed by atoms with E-state index < -0.39 is 0 Å². The highest BCUT2D eigenvalue weighted by atomic mass is 16.1. The summed E-state index contributed by atoms with van der Waals surface area (Å²) in [7, 11) is 1.87. The van der Waals surface area contributed by atoms with Gasteiger partial charge in [0.2, 0.25) is 11.9 Å². The van der Waals surface area contributed by atoms with E-state index in [4.69, 9.17) is 5.73 Å². The molecule has 0 spiro atoms. The molecule has 0 aliphatic heterocycles. The summed E-state index contributed by atoms with van der Waals surface area (Å²) in [4.78, 5) is 15.9. The van der Waals surface area contributed by atoms with E-state index in [1.54, 1.807) is 4.68 Å². The van der Waals surface area contributed by atoms with Crippen LogP contribution in [0.25, 0.3) is 11.2 Å². The van der Waals surface area contributed by atoms with E-state index in [2.05, 4.69) is 15.4 Å². The molecule has 2 aromatic rings. The van der Waals surface area contributed by atoms with Gasteiger partial charge in [-0.15, -0.1) is 0 Å². The molecular weight excluding hydrogens is 244 g/mol. The highest BCUT2D eigenvalue weighted by Gasteiger charge is 2.17. The van der Waals surface area contributed by atoms with Gasteiger partial charge in [0.1, 0.15) is 5.52 Å². The molecule has 2 rings (SSSR count). The number of carbonyl (C=O) groups excluding carboxylic acids is 1. The Balaban J connectivity index is 2.30. The Morgan fingerprint density at radius 3 is 2.79 bits per heavy atom. The van der Waals surface area contributed by atoms with Crippen LogP contribution in [0.4, 0.5) is 5.95 Å². The highest BCUT2D eigenvalue weighted by Crippen LogP contribution is 2.21. The van der Waals surface area contributed by atoms with Crippen molar-refractivity contribution in [2.75, 3.05) is 12.3 Å². The van der Waals surface area contributed by atoms with E-state index in [1.165, 1.54) is 0 Å². The number of aromatic nitrogens is 4. The summed E-state index contributed by atoms with van der Waals surface area (Å²) in [5.41, 5.74) is 8.57. The Labute approximate surface area is 111 Å². The molecule has 7 nitrogen and oxygen atoms in total. The lowest BCUT2D eigenvalue weighted by Gasteiger charge is -2.06. The van der Waals surface area contributed by atoms with Gasteiger partial charge in [-0.05, 0) is 13.3 Å². The fourth-order valence-electron chi connectivity index (χ4n) is 2.22. The average molecular weight is 264 g/mol. The zero-order valence-corrected chi connectivity index (χ0v) is 11.6. The molecule has 3 N–H and O–H groups in total. The lowest BCUT2D eigenvalue weighted by Crippen LogP contribution is -2.24. The number of aryl methyl sites for hydroxylation is 3. The molecule has 1 amide bonds. The van der Waals surface area contributed by atoms with Crippen molar-refractivity contribution in [1.82, 2.24) is 24.6 Å². The number of amides is 1. The van der Waals surface area contributed by atoms with Gasteiger partial charge in [0.05, 0.1) is 5.69 Å². The van der Waals surface area contributed by atoms with E-state index in [0.717, 1.165) is 23.3 Å². The quantitative estimate of drug-likeness (QED) is 0.820. The molecule has 0 aromatic carbocycles. The number of nitrogens with one attached hydrogen (secondary N) is 1. The molecule has 19 heavy (non-hydrogen) atoms. The average Bonchev–Trinajstić information content (AvgIpc) is 2.85. The zero-order valence-electron chi connectivity index (χ0n) is 11.6. The first-order chi connectivity index (χ1) is 9.08. The molecular formula is C12H20N6O. The Morgan fingerprint density at radius 2 is 2.16 bits per heavy atom. The maximum absolute atomic E-state index is 11.5. The smallest absolute Gasteiger partial charge is 0.221 e. The third-order valence-corrected chi connectivity index (χ3v) is 3.09. The minimum atomic E-state index is 0.0154. The van der Waals surface area contributed by atoms with Crippen molar-refractivity contribution in [2.24, 2.45) is 7.05 Å². The minimum Gasteiger partial charge on any atom is -0.369 e. The van der Waals surface area contributed by atoms with Crippen LogP contribution in [0.3, 0.4) is 0 Å². The lowest BCUT2D eigenvalue weighted by atomic mass is 10.3. The molecule has 104 valence electrons. The van der Waals surface area contributed by atoms with Crippen LogP contribution >= 0.6 is 0 Å². The van der Waals surface area contributed by atoms with Gasteiger partial charge in [0.25, 0.3) is 0 Å². The Bertz CT molecular complexity index is 597. The van der Waals surface area contributed by atoms with Crippen molar-refractivity contribution in [3.63, 3.8) is 0 Å². The van der Waals surface area contributed by atoms with Crippen LogP contribution in [0.15, 0.2) is 0 Å². The molecule has 0 saturated carbocycles. The first kappa shape index (κ1) is 13.4. The van der Waals surface area contributed by atoms with E-state index in [-0.39, 0.29) is 5.91 Å². The van der Waals surface area contributed by atoms with Gasteiger partial charge in [0, 0.05) is 26.6 Å². The maximum Gasteiger partial charge on any atom is 0.221 e. The summed E-state index contributed by atoms with van der Waals surface area (Å²) in [6, 6.07) is 0. The summed E-state index contributed by atoms with van der Waals surface area (Å²) in [6.45, 7) is 5.08. The number of nitrogens with two attached hydrogens (primary N) is 1. The second-order valence-corrected chi connectivity index (χ2v) is 4.42. The summed E-state index contributed by atoms with van der Waals surface area (Å²) in [6.07, 6.45) is 1.19. The SMILES string of the molecule is CCNC(=O)CCn1c(N)nc2c(CC)nn(C)c21. The lowest BCUT2D eigenvalue weighted by molar-refractivity contribution is -0.121. The topological polar surface area (TPSA) is 90.8 Å². The van der Waals surface area contributed by atoms with Crippen LogP contribution < -0.4 is 11.1 Å². The molecule has 0 fully saturated rings. The largest absolute Gasteiger partial charge is 0.369 e. The van der Waals surface area contributed by atoms with Crippen molar-refractivity contribution in [3.8, 4) is 0 Å². The summed E-state index contributed by atoms with van der Waals surface area (Å²) < 4.78 is 3.62. The summed E-state index contributed by atoms with van der Waals surface area (Å²) >= 11 is 0. The molecule has 0 radical (unpaired) electrons. The van der Waals surface area contributed by atoms with E-state index in [9.17, 15) is 4.79 Å². The number of carbonyl (C=O) groups is 1. The summed E-state index contributed by atoms with van der Waals surface area (Å²) in [5, 5.41) is 7.18. The van der Waals surface area contributed by atoms with Gasteiger partial charge in [-0.25, -0.2) is 4.98 Å². The molecule has 0 aliphatic carbocycles. The van der Waals surface area contributed by atoms with Gasteiger partial charge in [0.15, 0.2) is 5.65 Å². The van der Waals surface area contributed by atoms with Crippen LogP contribution in [-0.4, -0.2) is 31.8 Å². The Kier molecular flexibility index (Phi) is 3.73. The van der Waals surface area contributed by atoms with Crippen LogP contribution in [0, 0.1) is 0 Å². The molecule has 0 atom stereocenters. The highest BCUT2D eigenvalue weighted by molar-refractivity contribution is 5.79. The predicted molar refractivity (Wildman–Crippen MR) is 73.6 cm³/mol. The fraction of sp³-hybridized carbons (Fsp3) is 0.583. The van der Waals surface area contributed by atoms with Gasteiger partial charge >= 0.3 is 0 Å². The van der Waals surface area contributed by atoms with Crippen LogP contribution in [-0.2, 0) is 24.8 Å². The number of hydrogen-bond acceptors (Lipinski definition) is 4. The molecule has 7 heteroatoms. The molecule has 0 unspecified atom stereocenters. The van der Waals surface area contributed by atoms with E-state index in [0.29, 0.717) is 25.5 Å². The molecule has 2 heterocycles. The third-order valence-electron chi connectivity index (χ3n) is 3.09. The summed E-state index contributed by atoms with van der Waals surface area (Å²) in [5.74, 6) is 0.448. The number of fused-ring (bicyclic) bond motifs is 1. The molecule has 2 aromatic heterocycles. The standard InChI is InChI=1S/C12H20N6O/c1-4-8-10-11(17(3)16-8)18(12(13)15-10)7-6-9(19)14-5-2/h4-7H2,1-3H3,(H2,13,15)(H,14,19). The Hall–Kier alpha value is -2.05. The third kappa shape index (κ3) is 2.40. The molecule has 0 aliphatic rings. The molecule has 0 bridgehead atoms. The van der Waals surface area contributed by atoms with Crippen molar-refractivity contribution >= 4 is 23.0 Å². The zero-order chi connectivity index (χ0) is 14.0. The monoisotopic (exact) mass is 264 g/mol. The fourth-order valence-corrected chi connectivity index (χ4v) is 2.22. The van der Waals surface area contributed by atoms with Crippen LogP contribution in [0.1, 0.15) is 26.0 Å². The number of hydrogen-bond donors (Lipinski definition) is 2. The first-order valence-electron chi connectivity index (χ1n) is 6.52. The van der Waals surface area contributed by atoms with Crippen LogP contribution in [0.2, 0.25) is 0 Å². The van der Waals surface area contributed by atoms with Crippen molar-refractivity contribution < 1.29 is 4.79 Å². The number of imidazole rings is 1. The molecule has 0 saturated heterocycles. The van der Waals surface area contributed by atoms with E-state index >= 15 is 0 Å². The Morgan fingerprint density at radius 1 is 1.42 bits per heavy atom. The maximum atomic E-state index is 11.5. The van der Waals surface area contributed by atoms with Gasteiger partial charge < -0.3 is 11.1 Å². The first-order valence-corrected chi connectivity index (χ1v) is 6.52. The van der Waals surface area contributed by atoms with Gasteiger partial charge in [-0.2, -0.15) is 5.10 Å². The van der Waals surface area contributed by atoms with Gasteiger partial charge in [-0.1, -0.05) is 6.92 Å². The number of nitrogen functional groups attached to an aromatic ring is 1. The van der Waals surface area contributed by atoms with Gasteiger partial charge in [-0.3, -0.25) is 14.0 Å². The van der Waals surface area contributed by atoms with Crippen molar-refractivity contribution in [1.29, 1.82) is 0 Å². The number of anilines is 1.